The number of alkyl halides is 3. The number of nitrogens with zero attached hydrogens (tertiary/aromatic N) is 1. The average Bonchev–Trinajstić information content (AvgIpc) is 3.19. The lowest BCUT2D eigenvalue weighted by Crippen LogP contribution is -2.15. The summed E-state index contributed by atoms with van der Waals surface area (Å²) in [6.07, 6.45) is -3.73. The molecule has 0 saturated heterocycles. The maximum atomic E-state index is 13.0. The molecule has 0 fully saturated rings. The van der Waals surface area contributed by atoms with E-state index in [1.807, 2.05) is 0 Å². The van der Waals surface area contributed by atoms with E-state index in [2.05, 4.69) is 25.6 Å². The van der Waals surface area contributed by atoms with Crippen molar-refractivity contribution in [2.75, 3.05) is 11.8 Å². The van der Waals surface area contributed by atoms with Crippen molar-refractivity contribution in [3.63, 3.8) is 0 Å². The van der Waals surface area contributed by atoms with E-state index in [1.54, 1.807) is 0 Å². The molecule has 2 aromatic heterocycles. The summed E-state index contributed by atoms with van der Waals surface area (Å²) in [6.45, 7) is -0.687. The Balaban J connectivity index is 1.98. The van der Waals surface area contributed by atoms with Crippen LogP contribution in [0.4, 0.5) is 18.9 Å². The Kier molecular flexibility index (Phi) is 7.02. The third kappa shape index (κ3) is 5.29. The zero-order chi connectivity index (χ0) is 24.6. The van der Waals surface area contributed by atoms with Gasteiger partial charge in [-0.15, -0.1) is 11.3 Å². The van der Waals surface area contributed by atoms with Crippen LogP contribution < -0.4 is 9.46 Å². The lowest BCUT2D eigenvalue weighted by molar-refractivity contribution is -0.141. The highest BCUT2D eigenvalue weighted by Crippen LogP contribution is 2.38. The molecule has 1 aromatic carbocycles. The SMILES string of the molecule is COc1c(Br)cc(C(=O)O)cc1S(=O)(=O)Nc1csc(-c2cnc(C(F)(F)F)cc2CO)c1. The second-order valence-electron chi connectivity index (χ2n) is 6.48. The molecular formula is C19H14BrF3N2O6S2. The van der Waals surface area contributed by atoms with Crippen molar-refractivity contribution in [2.45, 2.75) is 17.7 Å². The quantitative estimate of drug-likeness (QED) is 0.381. The van der Waals surface area contributed by atoms with Gasteiger partial charge in [-0.2, -0.15) is 13.2 Å². The Morgan fingerprint density at radius 2 is 1.97 bits per heavy atom. The molecule has 0 bridgehead atoms. The fourth-order valence-electron chi connectivity index (χ4n) is 2.84. The van der Waals surface area contributed by atoms with Gasteiger partial charge in [0, 0.05) is 22.0 Å². The summed E-state index contributed by atoms with van der Waals surface area (Å²) in [5.41, 5.74) is -1.22. The molecule has 8 nitrogen and oxygen atoms in total. The molecule has 0 spiro atoms. The van der Waals surface area contributed by atoms with E-state index in [1.165, 1.54) is 24.6 Å². The van der Waals surface area contributed by atoms with Gasteiger partial charge < -0.3 is 14.9 Å². The van der Waals surface area contributed by atoms with Gasteiger partial charge >= 0.3 is 12.1 Å². The number of benzene rings is 1. The van der Waals surface area contributed by atoms with Crippen LogP contribution in [0.2, 0.25) is 0 Å². The Hall–Kier alpha value is -2.68. The molecule has 3 N–H and O–H groups in total. The van der Waals surface area contributed by atoms with Gasteiger partial charge in [-0.25, -0.2) is 13.2 Å². The molecule has 0 radical (unpaired) electrons. The van der Waals surface area contributed by atoms with E-state index in [0.29, 0.717) is 4.88 Å². The normalized spacial score (nSPS) is 11.9. The van der Waals surface area contributed by atoms with Crippen molar-refractivity contribution >= 4 is 48.9 Å². The van der Waals surface area contributed by atoms with Crippen LogP contribution in [0.25, 0.3) is 10.4 Å². The molecule has 0 atom stereocenters. The summed E-state index contributed by atoms with van der Waals surface area (Å²) in [5, 5.41) is 20.1. The number of hydrogen-bond donors (Lipinski definition) is 3. The minimum atomic E-state index is -4.68. The summed E-state index contributed by atoms with van der Waals surface area (Å²) >= 11 is 4.09. The lowest BCUT2D eigenvalue weighted by atomic mass is 10.1. The van der Waals surface area contributed by atoms with Crippen molar-refractivity contribution in [3.8, 4) is 16.2 Å². The molecule has 3 rings (SSSR count). The van der Waals surface area contributed by atoms with E-state index in [-0.39, 0.29) is 32.6 Å². The van der Waals surface area contributed by atoms with Crippen LogP contribution in [0, 0.1) is 0 Å². The van der Waals surface area contributed by atoms with E-state index < -0.39 is 39.4 Å². The first-order chi connectivity index (χ1) is 15.4. The number of aliphatic hydroxyl groups is 1. The van der Waals surface area contributed by atoms with Gasteiger partial charge in [0.1, 0.15) is 10.6 Å². The van der Waals surface area contributed by atoms with Gasteiger partial charge in [0.15, 0.2) is 5.75 Å². The number of hydrogen-bond acceptors (Lipinski definition) is 7. The van der Waals surface area contributed by atoms with Crippen LogP contribution in [0.3, 0.4) is 0 Å². The molecule has 0 aliphatic rings. The van der Waals surface area contributed by atoms with Gasteiger partial charge in [0.2, 0.25) is 0 Å². The molecule has 3 aromatic rings. The van der Waals surface area contributed by atoms with Crippen molar-refractivity contribution in [3.05, 3.63) is 57.1 Å². The number of aliphatic hydroxyl groups excluding tert-OH is 1. The molecule has 0 amide bonds. The number of nitrogens with one attached hydrogen (secondary N) is 1. The topological polar surface area (TPSA) is 126 Å². The summed E-state index contributed by atoms with van der Waals surface area (Å²) in [6, 6.07) is 4.20. The second kappa shape index (κ2) is 9.29. The monoisotopic (exact) mass is 566 g/mol. The molecule has 2 heterocycles. The number of methoxy groups -OCH3 is 1. The van der Waals surface area contributed by atoms with Gasteiger partial charge in [-0.3, -0.25) is 9.71 Å². The Bertz CT molecular complexity index is 1330. The van der Waals surface area contributed by atoms with Gasteiger partial charge in [-0.1, -0.05) is 0 Å². The highest BCUT2D eigenvalue weighted by atomic mass is 79.9. The number of anilines is 1. The van der Waals surface area contributed by atoms with Crippen molar-refractivity contribution in [1.29, 1.82) is 0 Å². The Labute approximate surface area is 197 Å². The number of sulfonamides is 1. The fourth-order valence-corrected chi connectivity index (χ4v) is 5.81. The number of aromatic carboxylic acids is 1. The number of thiophene rings is 1. The summed E-state index contributed by atoms with van der Waals surface area (Å²) < 4.78 is 72.1. The lowest BCUT2D eigenvalue weighted by Gasteiger charge is -2.13. The van der Waals surface area contributed by atoms with Gasteiger partial charge in [0.25, 0.3) is 10.0 Å². The van der Waals surface area contributed by atoms with Crippen LogP contribution in [0.5, 0.6) is 5.75 Å². The number of carboxylic acid groups (broad SMARTS) is 1. The van der Waals surface area contributed by atoms with Crippen LogP contribution in [-0.4, -0.2) is 36.7 Å². The summed E-state index contributed by atoms with van der Waals surface area (Å²) in [7, 11) is -3.10. The number of carbonyl (C=O) groups is 1. The number of rotatable bonds is 7. The standard InChI is InChI=1S/C19H14BrF3N2O6S2/c1-31-17-13(20)2-9(18(27)28)3-15(17)33(29,30)25-11-5-14(32-8-11)12-6-24-16(19(21,22)23)4-10(12)7-26/h2-6,8,25-26H,7H2,1H3,(H,27,28). The predicted octanol–water partition coefficient (Wildman–Crippen LogP) is 4.59. The first-order valence-electron chi connectivity index (χ1n) is 8.77. The maximum Gasteiger partial charge on any atom is 0.433 e. The van der Waals surface area contributed by atoms with Crippen LogP contribution >= 0.6 is 27.3 Å². The van der Waals surface area contributed by atoms with Crippen LogP contribution in [-0.2, 0) is 22.8 Å². The minimum Gasteiger partial charge on any atom is -0.494 e. The number of ether oxygens (including phenoxy) is 1. The van der Waals surface area contributed by atoms with Crippen molar-refractivity contribution in [2.24, 2.45) is 0 Å². The molecule has 14 heteroatoms. The first-order valence-corrected chi connectivity index (χ1v) is 11.9. The van der Waals surface area contributed by atoms with Crippen molar-refractivity contribution < 1.29 is 41.3 Å². The van der Waals surface area contributed by atoms with Gasteiger partial charge in [-0.05, 0) is 45.8 Å². The first kappa shape index (κ1) is 25.0. The van der Waals surface area contributed by atoms with Crippen molar-refractivity contribution in [1.82, 2.24) is 4.98 Å². The van der Waals surface area contributed by atoms with E-state index in [4.69, 9.17) is 4.74 Å². The number of aromatic nitrogens is 1. The highest BCUT2D eigenvalue weighted by Gasteiger charge is 2.33. The molecule has 176 valence electrons. The maximum absolute atomic E-state index is 13.0. The average molecular weight is 567 g/mol. The third-order valence-electron chi connectivity index (χ3n) is 4.32. The van der Waals surface area contributed by atoms with Crippen LogP contribution in [0.1, 0.15) is 21.6 Å². The Morgan fingerprint density at radius 1 is 1.27 bits per heavy atom. The highest BCUT2D eigenvalue weighted by molar-refractivity contribution is 9.10. The Morgan fingerprint density at radius 3 is 2.55 bits per heavy atom. The second-order valence-corrected chi connectivity index (χ2v) is 9.90. The predicted molar refractivity (Wildman–Crippen MR) is 117 cm³/mol. The summed E-state index contributed by atoms with van der Waals surface area (Å²) in [5.74, 6) is -1.46. The van der Waals surface area contributed by atoms with E-state index in [0.717, 1.165) is 29.7 Å². The minimum absolute atomic E-state index is 0.0339. The van der Waals surface area contributed by atoms with E-state index >= 15 is 0 Å². The smallest absolute Gasteiger partial charge is 0.433 e. The van der Waals surface area contributed by atoms with E-state index in [9.17, 15) is 36.6 Å². The van der Waals surface area contributed by atoms with Crippen LogP contribution in [0.15, 0.2) is 45.2 Å². The number of halogens is 4. The molecule has 0 unspecified atom stereocenters. The molecule has 0 saturated carbocycles. The fraction of sp³-hybridized carbons (Fsp3) is 0.158. The number of pyridine rings is 1. The number of carboxylic acids is 1. The molecule has 33 heavy (non-hydrogen) atoms. The zero-order valence-corrected chi connectivity index (χ0v) is 19.7. The zero-order valence-electron chi connectivity index (χ0n) is 16.5. The molecule has 0 aliphatic carbocycles. The largest absolute Gasteiger partial charge is 0.494 e. The molecule has 0 aliphatic heterocycles. The summed E-state index contributed by atoms with van der Waals surface area (Å²) in [4.78, 5) is 14.6. The molecular weight excluding hydrogens is 553 g/mol. The van der Waals surface area contributed by atoms with Gasteiger partial charge in [0.05, 0.1) is 29.4 Å². The third-order valence-corrected chi connectivity index (χ3v) is 7.26.